The molecule has 0 spiro atoms. The molecule has 74 valence electrons. The molecule has 0 bridgehead atoms. The van der Waals surface area contributed by atoms with E-state index in [4.69, 9.17) is 5.84 Å². The zero-order valence-electron chi connectivity index (χ0n) is 7.23. The Balaban J connectivity index is 2.25. The van der Waals surface area contributed by atoms with Crippen molar-refractivity contribution in [3.63, 3.8) is 0 Å². The number of hydrogen-bond acceptors (Lipinski definition) is 4. The standard InChI is InChI=1S/C7H9N5O2/c8-11-6(13)5-1-4-2-9-3-12(4)7(14)10-5/h2-3,5H,1,8H2,(H,10,14)(H,11,13). The monoisotopic (exact) mass is 195 g/mol. The van der Waals surface area contributed by atoms with E-state index in [-0.39, 0.29) is 6.03 Å². The van der Waals surface area contributed by atoms with E-state index in [9.17, 15) is 9.59 Å². The number of nitrogens with two attached hydrogens (primary N) is 1. The Morgan fingerprint density at radius 3 is 3.29 bits per heavy atom. The second-order valence-electron chi connectivity index (χ2n) is 2.97. The Hall–Kier alpha value is -1.89. The fraction of sp³-hybridized carbons (Fsp3) is 0.286. The first-order valence-electron chi connectivity index (χ1n) is 4.05. The highest BCUT2D eigenvalue weighted by Crippen LogP contribution is 2.08. The van der Waals surface area contributed by atoms with Crippen LogP contribution in [-0.4, -0.2) is 27.5 Å². The number of fused-ring (bicyclic) bond motifs is 1. The number of aromatic nitrogens is 2. The SMILES string of the molecule is NNC(=O)C1Cc2cncn2C(=O)N1. The smallest absolute Gasteiger partial charge is 0.325 e. The summed E-state index contributed by atoms with van der Waals surface area (Å²) in [6, 6.07) is -0.978. The quantitative estimate of drug-likeness (QED) is 0.284. The van der Waals surface area contributed by atoms with E-state index >= 15 is 0 Å². The molecule has 2 rings (SSSR count). The summed E-state index contributed by atoms with van der Waals surface area (Å²) in [7, 11) is 0. The number of imidazole rings is 1. The van der Waals surface area contributed by atoms with Crippen LogP contribution in [0.2, 0.25) is 0 Å². The van der Waals surface area contributed by atoms with Crippen LogP contribution >= 0.6 is 0 Å². The van der Waals surface area contributed by atoms with Crippen molar-refractivity contribution in [1.29, 1.82) is 0 Å². The third-order valence-corrected chi connectivity index (χ3v) is 2.10. The second-order valence-corrected chi connectivity index (χ2v) is 2.97. The minimum absolute atomic E-state index is 0.364. The van der Waals surface area contributed by atoms with Crippen LogP contribution in [0.15, 0.2) is 12.5 Å². The molecular weight excluding hydrogens is 186 g/mol. The Morgan fingerprint density at radius 2 is 2.57 bits per heavy atom. The third kappa shape index (κ3) is 1.23. The number of carbonyl (C=O) groups excluding carboxylic acids is 2. The van der Waals surface area contributed by atoms with Gasteiger partial charge < -0.3 is 5.32 Å². The summed E-state index contributed by atoms with van der Waals surface area (Å²) in [4.78, 5) is 26.3. The topological polar surface area (TPSA) is 102 Å². The Bertz CT molecular complexity index is 385. The van der Waals surface area contributed by atoms with Gasteiger partial charge in [-0.1, -0.05) is 0 Å². The Kier molecular flexibility index (Phi) is 1.93. The normalized spacial score (nSPS) is 19.8. The summed E-state index contributed by atoms with van der Waals surface area (Å²) >= 11 is 0. The molecule has 0 fully saturated rings. The molecule has 1 unspecified atom stereocenters. The van der Waals surface area contributed by atoms with Gasteiger partial charge in [0.2, 0.25) is 0 Å². The van der Waals surface area contributed by atoms with Crippen molar-refractivity contribution >= 4 is 11.9 Å². The molecule has 4 N–H and O–H groups in total. The van der Waals surface area contributed by atoms with Crippen LogP contribution in [0.5, 0.6) is 0 Å². The van der Waals surface area contributed by atoms with Gasteiger partial charge in [-0.25, -0.2) is 15.6 Å². The minimum atomic E-state index is -0.614. The summed E-state index contributed by atoms with van der Waals surface area (Å²) in [5, 5.41) is 2.50. The van der Waals surface area contributed by atoms with E-state index in [1.807, 2.05) is 5.43 Å². The maximum Gasteiger partial charge on any atom is 0.327 e. The number of amides is 2. The first-order chi connectivity index (χ1) is 6.72. The molecule has 1 atom stereocenters. The van der Waals surface area contributed by atoms with Crippen molar-refractivity contribution < 1.29 is 9.59 Å². The van der Waals surface area contributed by atoms with Crippen LogP contribution in [0.4, 0.5) is 4.79 Å². The average Bonchev–Trinajstić information content (AvgIpc) is 2.64. The predicted molar refractivity (Wildman–Crippen MR) is 46.0 cm³/mol. The molecule has 0 aromatic carbocycles. The van der Waals surface area contributed by atoms with E-state index in [0.29, 0.717) is 12.1 Å². The third-order valence-electron chi connectivity index (χ3n) is 2.10. The van der Waals surface area contributed by atoms with E-state index < -0.39 is 11.9 Å². The van der Waals surface area contributed by atoms with Gasteiger partial charge in [0.15, 0.2) is 0 Å². The summed E-state index contributed by atoms with van der Waals surface area (Å²) in [6.45, 7) is 0. The lowest BCUT2D eigenvalue weighted by atomic mass is 10.1. The van der Waals surface area contributed by atoms with Gasteiger partial charge in [0, 0.05) is 18.3 Å². The molecule has 1 aliphatic rings. The van der Waals surface area contributed by atoms with Crippen molar-refractivity contribution in [3.05, 3.63) is 18.2 Å². The van der Waals surface area contributed by atoms with Crippen molar-refractivity contribution in [2.45, 2.75) is 12.5 Å². The van der Waals surface area contributed by atoms with Crippen molar-refractivity contribution in [1.82, 2.24) is 20.3 Å². The fourth-order valence-corrected chi connectivity index (χ4v) is 1.39. The lowest BCUT2D eigenvalue weighted by Crippen LogP contribution is -2.54. The molecule has 7 heteroatoms. The molecule has 0 saturated heterocycles. The van der Waals surface area contributed by atoms with Crippen LogP contribution in [-0.2, 0) is 11.2 Å². The molecule has 1 aliphatic heterocycles. The largest absolute Gasteiger partial charge is 0.327 e. The number of hydrogen-bond donors (Lipinski definition) is 3. The van der Waals surface area contributed by atoms with Gasteiger partial charge in [0.05, 0.1) is 0 Å². The van der Waals surface area contributed by atoms with Gasteiger partial charge in [0.25, 0.3) is 5.91 Å². The number of carbonyl (C=O) groups is 2. The van der Waals surface area contributed by atoms with Gasteiger partial charge in [-0.05, 0) is 0 Å². The van der Waals surface area contributed by atoms with Crippen LogP contribution < -0.4 is 16.6 Å². The van der Waals surface area contributed by atoms with Gasteiger partial charge >= 0.3 is 6.03 Å². The second kappa shape index (κ2) is 3.11. The molecule has 1 aromatic heterocycles. The first-order valence-corrected chi connectivity index (χ1v) is 4.05. The number of hydrazine groups is 1. The highest BCUT2D eigenvalue weighted by Gasteiger charge is 2.28. The molecule has 7 nitrogen and oxygen atoms in total. The van der Waals surface area contributed by atoms with Crippen molar-refractivity contribution in [3.8, 4) is 0 Å². The lowest BCUT2D eigenvalue weighted by Gasteiger charge is -2.22. The summed E-state index contributed by atoms with van der Waals surface area (Å²) in [5.41, 5.74) is 2.69. The highest BCUT2D eigenvalue weighted by molar-refractivity contribution is 5.89. The number of rotatable bonds is 1. The summed E-state index contributed by atoms with van der Waals surface area (Å²) in [6.07, 6.45) is 3.35. The van der Waals surface area contributed by atoms with Crippen molar-refractivity contribution in [2.75, 3.05) is 0 Å². The van der Waals surface area contributed by atoms with E-state index in [0.717, 1.165) is 0 Å². The highest BCUT2D eigenvalue weighted by atomic mass is 16.2. The predicted octanol–water partition coefficient (Wildman–Crippen LogP) is -1.64. The maximum atomic E-state index is 11.4. The molecule has 2 heterocycles. The van der Waals surface area contributed by atoms with Crippen LogP contribution in [0.1, 0.15) is 5.69 Å². The number of nitrogens with zero attached hydrogens (tertiary/aromatic N) is 2. The average molecular weight is 195 g/mol. The van der Waals surface area contributed by atoms with E-state index in [1.54, 1.807) is 6.20 Å². The van der Waals surface area contributed by atoms with Gasteiger partial charge in [-0.15, -0.1) is 0 Å². The van der Waals surface area contributed by atoms with Crippen molar-refractivity contribution in [2.24, 2.45) is 5.84 Å². The number of nitrogens with one attached hydrogen (secondary N) is 2. The fourth-order valence-electron chi connectivity index (χ4n) is 1.39. The molecule has 14 heavy (non-hydrogen) atoms. The Labute approximate surface area is 79.3 Å². The molecule has 1 aromatic rings. The van der Waals surface area contributed by atoms with Gasteiger partial charge in [-0.3, -0.25) is 14.8 Å². The van der Waals surface area contributed by atoms with Gasteiger partial charge in [0.1, 0.15) is 12.4 Å². The van der Waals surface area contributed by atoms with Gasteiger partial charge in [-0.2, -0.15) is 0 Å². The maximum absolute atomic E-state index is 11.4. The molecule has 0 radical (unpaired) electrons. The van der Waals surface area contributed by atoms with E-state index in [1.165, 1.54) is 10.9 Å². The first kappa shape index (κ1) is 8.70. The summed E-state index contributed by atoms with van der Waals surface area (Å²) in [5.74, 6) is 4.56. The van der Waals surface area contributed by atoms with Crippen LogP contribution in [0.25, 0.3) is 0 Å². The summed E-state index contributed by atoms with van der Waals surface area (Å²) < 4.78 is 1.36. The van der Waals surface area contributed by atoms with Crippen LogP contribution in [0, 0.1) is 0 Å². The minimum Gasteiger partial charge on any atom is -0.325 e. The Morgan fingerprint density at radius 1 is 1.79 bits per heavy atom. The molecule has 0 aliphatic carbocycles. The molecular formula is C7H9N5O2. The molecule has 0 saturated carbocycles. The zero-order chi connectivity index (χ0) is 10.1. The van der Waals surface area contributed by atoms with E-state index in [2.05, 4.69) is 10.3 Å². The lowest BCUT2D eigenvalue weighted by molar-refractivity contribution is -0.123. The van der Waals surface area contributed by atoms with Crippen LogP contribution in [0.3, 0.4) is 0 Å². The zero-order valence-corrected chi connectivity index (χ0v) is 7.23. The molecule has 2 amide bonds.